The molecule has 1 aliphatic heterocycles. The third-order valence-electron chi connectivity index (χ3n) is 2.85. The molecule has 102 valence electrons. The highest BCUT2D eigenvalue weighted by molar-refractivity contribution is 5.02. The van der Waals surface area contributed by atoms with Crippen LogP contribution in [0.2, 0.25) is 0 Å². The molecular formula is C12H21N3O3. The fourth-order valence-electron chi connectivity index (χ4n) is 2.12. The van der Waals surface area contributed by atoms with Gasteiger partial charge in [0.15, 0.2) is 5.82 Å². The average molecular weight is 255 g/mol. The maximum absolute atomic E-state index is 9.93. The fourth-order valence-corrected chi connectivity index (χ4v) is 2.12. The Hall–Kier alpha value is -0.980. The lowest BCUT2D eigenvalue weighted by Crippen LogP contribution is -2.28. The summed E-state index contributed by atoms with van der Waals surface area (Å²) in [4.78, 5) is 4.50. The normalized spacial score (nSPS) is 20.6. The Morgan fingerprint density at radius 2 is 2.33 bits per heavy atom. The summed E-state index contributed by atoms with van der Waals surface area (Å²) < 4.78 is 12.2. The lowest BCUT2D eigenvalue weighted by Gasteiger charge is -2.19. The Morgan fingerprint density at radius 1 is 1.56 bits per heavy atom. The maximum Gasteiger partial charge on any atom is 0.176 e. The van der Waals surface area contributed by atoms with Crippen LogP contribution in [0.1, 0.15) is 37.8 Å². The smallest absolute Gasteiger partial charge is 0.176 e. The Balaban J connectivity index is 2.23. The van der Waals surface area contributed by atoms with E-state index in [0.29, 0.717) is 25.6 Å². The summed E-state index contributed by atoms with van der Waals surface area (Å²) in [7, 11) is 1.62. The van der Waals surface area contributed by atoms with Crippen LogP contribution in [0.15, 0.2) is 0 Å². The van der Waals surface area contributed by atoms with E-state index in [0.717, 1.165) is 18.9 Å². The van der Waals surface area contributed by atoms with E-state index in [-0.39, 0.29) is 5.92 Å². The minimum atomic E-state index is -0.813. The molecule has 2 heterocycles. The zero-order chi connectivity index (χ0) is 13.2. The highest BCUT2D eigenvalue weighted by atomic mass is 16.5. The van der Waals surface area contributed by atoms with E-state index >= 15 is 0 Å². The fraction of sp³-hybridized carbons (Fsp3) is 0.833. The van der Waals surface area contributed by atoms with Crippen molar-refractivity contribution in [2.24, 2.45) is 0 Å². The van der Waals surface area contributed by atoms with Gasteiger partial charge in [0.2, 0.25) is 0 Å². The monoisotopic (exact) mass is 255 g/mol. The van der Waals surface area contributed by atoms with Crippen molar-refractivity contribution in [1.82, 2.24) is 14.8 Å². The van der Waals surface area contributed by atoms with Crippen LogP contribution in [0.25, 0.3) is 0 Å². The molecule has 0 aromatic carbocycles. The molecule has 1 aromatic heterocycles. The van der Waals surface area contributed by atoms with Gasteiger partial charge in [-0.3, -0.25) is 0 Å². The molecule has 1 aromatic rings. The number of rotatable bonds is 5. The number of nitrogens with zero attached hydrogens (tertiary/aromatic N) is 3. The molecule has 1 atom stereocenters. The van der Waals surface area contributed by atoms with Crippen molar-refractivity contribution in [1.29, 1.82) is 0 Å². The summed E-state index contributed by atoms with van der Waals surface area (Å²) in [5, 5.41) is 14.3. The predicted octanol–water partition coefficient (Wildman–Crippen LogP) is 0.699. The van der Waals surface area contributed by atoms with E-state index < -0.39 is 5.60 Å². The molecule has 6 heteroatoms. The van der Waals surface area contributed by atoms with Gasteiger partial charge in [0, 0.05) is 19.6 Å². The second-order valence-corrected chi connectivity index (χ2v) is 5.35. The number of methoxy groups -OCH3 is 1. The zero-order valence-electron chi connectivity index (χ0n) is 11.2. The van der Waals surface area contributed by atoms with Gasteiger partial charge in [0.1, 0.15) is 12.4 Å². The molecule has 0 saturated carbocycles. The summed E-state index contributed by atoms with van der Waals surface area (Å²) >= 11 is 0. The van der Waals surface area contributed by atoms with Gasteiger partial charge in [-0.15, -0.1) is 0 Å². The highest BCUT2D eigenvalue weighted by Crippen LogP contribution is 2.24. The second-order valence-electron chi connectivity index (χ2n) is 5.35. The Labute approximate surface area is 107 Å². The van der Waals surface area contributed by atoms with Crippen LogP contribution in [0, 0.1) is 0 Å². The van der Waals surface area contributed by atoms with E-state index in [4.69, 9.17) is 9.47 Å². The third-order valence-corrected chi connectivity index (χ3v) is 2.85. The molecule has 6 nitrogen and oxygen atoms in total. The highest BCUT2D eigenvalue weighted by Gasteiger charge is 2.26. The van der Waals surface area contributed by atoms with E-state index in [1.807, 2.05) is 0 Å². The van der Waals surface area contributed by atoms with Gasteiger partial charge in [-0.25, -0.2) is 9.67 Å². The molecule has 1 aliphatic rings. The molecular weight excluding hydrogens is 234 g/mol. The Bertz CT molecular complexity index is 392. The van der Waals surface area contributed by atoms with Crippen LogP contribution in [0.5, 0.6) is 0 Å². The van der Waals surface area contributed by atoms with E-state index in [2.05, 4.69) is 10.1 Å². The first kappa shape index (κ1) is 13.5. The van der Waals surface area contributed by atoms with Crippen LogP contribution in [-0.2, 0) is 22.6 Å². The van der Waals surface area contributed by atoms with Crippen molar-refractivity contribution in [2.45, 2.75) is 44.9 Å². The minimum absolute atomic E-state index is 0.269. The predicted molar refractivity (Wildman–Crippen MR) is 65.2 cm³/mol. The molecule has 1 fully saturated rings. The summed E-state index contributed by atoms with van der Waals surface area (Å²) in [5.41, 5.74) is -0.813. The van der Waals surface area contributed by atoms with Crippen molar-refractivity contribution in [3.05, 3.63) is 11.6 Å². The van der Waals surface area contributed by atoms with Gasteiger partial charge in [-0.2, -0.15) is 5.10 Å². The minimum Gasteiger partial charge on any atom is -0.389 e. The van der Waals surface area contributed by atoms with Gasteiger partial charge < -0.3 is 14.6 Å². The first-order chi connectivity index (χ1) is 8.49. The van der Waals surface area contributed by atoms with Crippen molar-refractivity contribution in [2.75, 3.05) is 20.3 Å². The number of aliphatic hydroxyl groups is 1. The SMILES string of the molecule is COCc1nc(C2CCOC2)n(CC(C)(C)O)n1. The van der Waals surface area contributed by atoms with Crippen LogP contribution in [-0.4, -0.2) is 45.8 Å². The van der Waals surface area contributed by atoms with Gasteiger partial charge in [0.05, 0.1) is 18.8 Å². The van der Waals surface area contributed by atoms with Crippen molar-refractivity contribution >= 4 is 0 Å². The lowest BCUT2D eigenvalue weighted by atomic mass is 10.1. The molecule has 1 unspecified atom stereocenters. The summed E-state index contributed by atoms with van der Waals surface area (Å²) in [5.74, 6) is 1.82. The van der Waals surface area contributed by atoms with Crippen molar-refractivity contribution in [3.8, 4) is 0 Å². The van der Waals surface area contributed by atoms with Crippen LogP contribution in [0.3, 0.4) is 0 Å². The van der Waals surface area contributed by atoms with E-state index in [1.165, 1.54) is 0 Å². The molecule has 0 spiro atoms. The number of hydrogen-bond donors (Lipinski definition) is 1. The largest absolute Gasteiger partial charge is 0.389 e. The zero-order valence-corrected chi connectivity index (χ0v) is 11.2. The van der Waals surface area contributed by atoms with Crippen LogP contribution in [0.4, 0.5) is 0 Å². The number of ether oxygens (including phenoxy) is 2. The van der Waals surface area contributed by atoms with Crippen molar-refractivity contribution in [3.63, 3.8) is 0 Å². The van der Waals surface area contributed by atoms with Crippen LogP contribution >= 0.6 is 0 Å². The van der Waals surface area contributed by atoms with Gasteiger partial charge in [-0.05, 0) is 20.3 Å². The van der Waals surface area contributed by atoms with Gasteiger partial charge >= 0.3 is 0 Å². The molecule has 0 amide bonds. The number of aromatic nitrogens is 3. The third kappa shape index (κ3) is 3.28. The van der Waals surface area contributed by atoms with E-state index in [1.54, 1.807) is 25.6 Å². The summed E-state index contributed by atoms with van der Waals surface area (Å²) in [6.07, 6.45) is 0.955. The number of hydrogen-bond acceptors (Lipinski definition) is 5. The second kappa shape index (κ2) is 5.34. The average Bonchev–Trinajstić information content (AvgIpc) is 2.85. The summed E-state index contributed by atoms with van der Waals surface area (Å²) in [6.45, 7) is 5.78. The maximum atomic E-state index is 9.93. The van der Waals surface area contributed by atoms with Crippen LogP contribution < -0.4 is 0 Å². The lowest BCUT2D eigenvalue weighted by molar-refractivity contribution is 0.0557. The van der Waals surface area contributed by atoms with Crippen molar-refractivity contribution < 1.29 is 14.6 Å². The topological polar surface area (TPSA) is 69.4 Å². The standard InChI is InChI=1S/C12H21N3O3/c1-12(2,16)8-15-11(9-4-5-18-6-9)13-10(14-15)7-17-3/h9,16H,4-8H2,1-3H3. The summed E-state index contributed by atoms with van der Waals surface area (Å²) in [6, 6.07) is 0. The molecule has 0 radical (unpaired) electrons. The molecule has 0 aliphatic carbocycles. The molecule has 2 rings (SSSR count). The quantitative estimate of drug-likeness (QED) is 0.838. The molecule has 0 bridgehead atoms. The Kier molecular flexibility index (Phi) is 3.99. The van der Waals surface area contributed by atoms with Gasteiger partial charge in [-0.1, -0.05) is 0 Å². The molecule has 1 N–H and O–H groups in total. The molecule has 18 heavy (non-hydrogen) atoms. The first-order valence-electron chi connectivity index (χ1n) is 6.22. The first-order valence-corrected chi connectivity index (χ1v) is 6.22. The Morgan fingerprint density at radius 3 is 2.89 bits per heavy atom. The molecule has 1 saturated heterocycles. The van der Waals surface area contributed by atoms with Gasteiger partial charge in [0.25, 0.3) is 0 Å². The van der Waals surface area contributed by atoms with E-state index in [9.17, 15) is 5.11 Å².